The maximum atomic E-state index is 5.70. The molecule has 0 saturated carbocycles. The van der Waals surface area contributed by atoms with Crippen molar-refractivity contribution in [2.45, 2.75) is 0 Å². The molecular formula is C8H6BrN3. The molecule has 1 aromatic heterocycles. The van der Waals surface area contributed by atoms with Crippen molar-refractivity contribution in [2.24, 2.45) is 0 Å². The number of halogens is 1. The van der Waals surface area contributed by atoms with Crippen molar-refractivity contribution >= 4 is 32.5 Å². The molecule has 1 aromatic carbocycles. The Labute approximate surface area is 77.7 Å². The molecule has 0 spiro atoms. The highest BCUT2D eigenvalue weighted by Gasteiger charge is 1.98. The van der Waals surface area contributed by atoms with Crippen LogP contribution in [-0.2, 0) is 0 Å². The molecule has 0 atom stereocenters. The molecule has 0 aliphatic rings. The lowest BCUT2D eigenvalue weighted by Gasteiger charge is -1.99. The summed E-state index contributed by atoms with van der Waals surface area (Å²) in [6.45, 7) is 0. The minimum absolute atomic E-state index is 0.654. The summed E-state index contributed by atoms with van der Waals surface area (Å²) in [7, 11) is 0. The molecule has 0 unspecified atom stereocenters. The first-order valence-electron chi connectivity index (χ1n) is 3.44. The number of anilines is 1. The van der Waals surface area contributed by atoms with E-state index >= 15 is 0 Å². The fourth-order valence-corrected chi connectivity index (χ4v) is 1.41. The number of benzene rings is 1. The van der Waals surface area contributed by atoms with Crippen LogP contribution in [0, 0.1) is 0 Å². The van der Waals surface area contributed by atoms with Gasteiger partial charge in [0.25, 0.3) is 0 Å². The molecular weight excluding hydrogens is 218 g/mol. The van der Waals surface area contributed by atoms with E-state index in [1.807, 2.05) is 18.2 Å². The van der Waals surface area contributed by atoms with Crippen molar-refractivity contribution in [3.05, 3.63) is 28.9 Å². The van der Waals surface area contributed by atoms with Crippen molar-refractivity contribution in [3.8, 4) is 0 Å². The Morgan fingerprint density at radius 1 is 1.33 bits per heavy atom. The van der Waals surface area contributed by atoms with Gasteiger partial charge in [0.15, 0.2) is 0 Å². The summed E-state index contributed by atoms with van der Waals surface area (Å²) in [5.74, 6) is 0. The molecule has 0 amide bonds. The normalized spacial score (nSPS) is 10.4. The molecule has 4 heteroatoms. The number of hydrogen-bond acceptors (Lipinski definition) is 3. The van der Waals surface area contributed by atoms with Crippen LogP contribution in [0.15, 0.2) is 28.9 Å². The third-order valence-electron chi connectivity index (χ3n) is 1.63. The van der Waals surface area contributed by atoms with Gasteiger partial charge in [-0.05, 0) is 18.2 Å². The Morgan fingerprint density at radius 3 is 3.00 bits per heavy atom. The van der Waals surface area contributed by atoms with E-state index < -0.39 is 0 Å². The van der Waals surface area contributed by atoms with E-state index in [2.05, 4.69) is 26.1 Å². The summed E-state index contributed by atoms with van der Waals surface area (Å²) in [5, 5.41) is 8.61. The topological polar surface area (TPSA) is 51.8 Å². The van der Waals surface area contributed by atoms with E-state index in [0.717, 1.165) is 15.4 Å². The standard InChI is InChI=1S/C8H6BrN3/c9-5-1-2-8-6(3-5)7(10)4-11-12-8/h1-4H,(H2,10,12). The largest absolute Gasteiger partial charge is 0.397 e. The zero-order valence-electron chi connectivity index (χ0n) is 6.16. The summed E-state index contributed by atoms with van der Waals surface area (Å²) in [6, 6.07) is 5.72. The molecule has 0 aliphatic carbocycles. The van der Waals surface area contributed by atoms with Gasteiger partial charge in [-0.3, -0.25) is 0 Å². The van der Waals surface area contributed by atoms with E-state index in [1.165, 1.54) is 0 Å². The second-order valence-corrected chi connectivity index (χ2v) is 3.38. The summed E-state index contributed by atoms with van der Waals surface area (Å²) in [5.41, 5.74) is 7.17. The third kappa shape index (κ3) is 1.14. The van der Waals surface area contributed by atoms with Gasteiger partial charge in [0.05, 0.1) is 17.4 Å². The molecule has 60 valence electrons. The van der Waals surface area contributed by atoms with Crippen molar-refractivity contribution in [2.75, 3.05) is 5.73 Å². The molecule has 0 aliphatic heterocycles. The van der Waals surface area contributed by atoms with E-state index in [4.69, 9.17) is 5.73 Å². The number of rotatable bonds is 0. The van der Waals surface area contributed by atoms with Crippen molar-refractivity contribution in [1.29, 1.82) is 0 Å². The number of fused-ring (bicyclic) bond motifs is 1. The summed E-state index contributed by atoms with van der Waals surface area (Å²) >= 11 is 3.36. The number of hydrogen-bond donors (Lipinski definition) is 1. The van der Waals surface area contributed by atoms with Crippen LogP contribution in [0.2, 0.25) is 0 Å². The molecule has 2 rings (SSSR count). The lowest BCUT2D eigenvalue weighted by Crippen LogP contribution is -1.91. The fourth-order valence-electron chi connectivity index (χ4n) is 1.05. The van der Waals surface area contributed by atoms with E-state index in [9.17, 15) is 0 Å². The molecule has 1 heterocycles. The Bertz CT molecular complexity index is 428. The lowest BCUT2D eigenvalue weighted by molar-refractivity contribution is 1.08. The van der Waals surface area contributed by atoms with Gasteiger partial charge in [0.1, 0.15) is 0 Å². The maximum Gasteiger partial charge on any atom is 0.0951 e. The zero-order valence-corrected chi connectivity index (χ0v) is 7.75. The Hall–Kier alpha value is -1.16. The highest BCUT2D eigenvalue weighted by atomic mass is 79.9. The smallest absolute Gasteiger partial charge is 0.0951 e. The van der Waals surface area contributed by atoms with Crippen LogP contribution >= 0.6 is 15.9 Å². The van der Waals surface area contributed by atoms with E-state index in [0.29, 0.717) is 5.69 Å². The highest BCUT2D eigenvalue weighted by molar-refractivity contribution is 9.10. The predicted molar refractivity (Wildman–Crippen MR) is 51.7 cm³/mol. The van der Waals surface area contributed by atoms with Crippen molar-refractivity contribution in [1.82, 2.24) is 10.2 Å². The van der Waals surface area contributed by atoms with Gasteiger partial charge >= 0.3 is 0 Å². The summed E-state index contributed by atoms with van der Waals surface area (Å²) < 4.78 is 0.995. The van der Waals surface area contributed by atoms with Crippen LogP contribution in [0.5, 0.6) is 0 Å². The number of aromatic nitrogens is 2. The number of nitrogens with zero attached hydrogens (tertiary/aromatic N) is 2. The van der Waals surface area contributed by atoms with Crippen LogP contribution in [0.3, 0.4) is 0 Å². The van der Waals surface area contributed by atoms with Gasteiger partial charge in [-0.1, -0.05) is 15.9 Å². The van der Waals surface area contributed by atoms with E-state index in [1.54, 1.807) is 6.20 Å². The fraction of sp³-hybridized carbons (Fsp3) is 0. The van der Waals surface area contributed by atoms with Gasteiger partial charge < -0.3 is 5.73 Å². The summed E-state index contributed by atoms with van der Waals surface area (Å²) in [4.78, 5) is 0. The van der Waals surface area contributed by atoms with Crippen LogP contribution in [-0.4, -0.2) is 10.2 Å². The average Bonchev–Trinajstić information content (AvgIpc) is 2.07. The van der Waals surface area contributed by atoms with Crippen LogP contribution in [0.25, 0.3) is 10.9 Å². The van der Waals surface area contributed by atoms with Crippen LogP contribution in [0.1, 0.15) is 0 Å². The van der Waals surface area contributed by atoms with Gasteiger partial charge in [0, 0.05) is 9.86 Å². The second-order valence-electron chi connectivity index (χ2n) is 2.46. The van der Waals surface area contributed by atoms with Crippen LogP contribution < -0.4 is 5.73 Å². The van der Waals surface area contributed by atoms with Gasteiger partial charge in [0.2, 0.25) is 0 Å². The van der Waals surface area contributed by atoms with Crippen LogP contribution in [0.4, 0.5) is 5.69 Å². The zero-order chi connectivity index (χ0) is 8.55. The minimum Gasteiger partial charge on any atom is -0.397 e. The average molecular weight is 224 g/mol. The minimum atomic E-state index is 0.654. The van der Waals surface area contributed by atoms with Gasteiger partial charge in [-0.25, -0.2) is 0 Å². The Balaban J connectivity index is 2.88. The summed E-state index contributed by atoms with van der Waals surface area (Å²) in [6.07, 6.45) is 1.55. The first-order valence-corrected chi connectivity index (χ1v) is 4.23. The van der Waals surface area contributed by atoms with Gasteiger partial charge in [-0.15, -0.1) is 0 Å². The molecule has 0 bridgehead atoms. The number of nitrogen functional groups attached to an aromatic ring is 1. The lowest BCUT2D eigenvalue weighted by atomic mass is 10.2. The second kappa shape index (κ2) is 2.71. The molecule has 2 N–H and O–H groups in total. The molecule has 0 saturated heterocycles. The number of nitrogens with two attached hydrogens (primary N) is 1. The highest BCUT2D eigenvalue weighted by Crippen LogP contribution is 2.21. The van der Waals surface area contributed by atoms with Crippen molar-refractivity contribution < 1.29 is 0 Å². The molecule has 2 aromatic rings. The SMILES string of the molecule is Nc1cnnc2ccc(Br)cc12. The molecule has 12 heavy (non-hydrogen) atoms. The molecule has 0 fully saturated rings. The monoisotopic (exact) mass is 223 g/mol. The van der Waals surface area contributed by atoms with Crippen molar-refractivity contribution in [3.63, 3.8) is 0 Å². The first-order chi connectivity index (χ1) is 5.77. The predicted octanol–water partition coefficient (Wildman–Crippen LogP) is 1.97. The Kier molecular flexibility index (Phi) is 1.69. The van der Waals surface area contributed by atoms with Gasteiger partial charge in [-0.2, -0.15) is 10.2 Å². The van der Waals surface area contributed by atoms with E-state index in [-0.39, 0.29) is 0 Å². The molecule has 3 nitrogen and oxygen atoms in total. The first kappa shape index (κ1) is 7.49. The third-order valence-corrected chi connectivity index (χ3v) is 2.13. The molecule has 0 radical (unpaired) electrons. The quantitative estimate of drug-likeness (QED) is 0.744. The maximum absolute atomic E-state index is 5.70. The Morgan fingerprint density at radius 2 is 2.17 bits per heavy atom.